The molecule has 2 aromatic rings. The summed E-state index contributed by atoms with van der Waals surface area (Å²) in [5.41, 5.74) is 1.93. The normalized spacial score (nSPS) is 15.8. The van der Waals surface area contributed by atoms with Crippen molar-refractivity contribution in [3.05, 3.63) is 47.9 Å². The third kappa shape index (κ3) is 4.07. The summed E-state index contributed by atoms with van der Waals surface area (Å²) >= 11 is 0. The van der Waals surface area contributed by atoms with Gasteiger partial charge in [0.25, 0.3) is 5.91 Å². The molecule has 1 aliphatic heterocycles. The Kier molecular flexibility index (Phi) is 5.16. The maximum absolute atomic E-state index is 12.7. The highest BCUT2D eigenvalue weighted by Gasteiger charge is 2.26. The van der Waals surface area contributed by atoms with Crippen molar-refractivity contribution in [1.29, 1.82) is 0 Å². The second-order valence-corrected chi connectivity index (χ2v) is 6.36. The van der Waals surface area contributed by atoms with E-state index in [1.54, 1.807) is 12.4 Å². The molecule has 1 aliphatic rings. The van der Waals surface area contributed by atoms with E-state index in [2.05, 4.69) is 14.9 Å². The van der Waals surface area contributed by atoms with Gasteiger partial charge in [0, 0.05) is 32.4 Å². The van der Waals surface area contributed by atoms with Gasteiger partial charge in [-0.1, -0.05) is 18.2 Å². The molecule has 1 aromatic carbocycles. The lowest BCUT2D eigenvalue weighted by Gasteiger charge is -2.36. The van der Waals surface area contributed by atoms with Crippen molar-refractivity contribution in [2.24, 2.45) is 0 Å². The predicted molar refractivity (Wildman–Crippen MR) is 96.8 cm³/mol. The van der Waals surface area contributed by atoms with E-state index >= 15 is 0 Å². The van der Waals surface area contributed by atoms with Gasteiger partial charge < -0.3 is 14.5 Å². The molecule has 6 heteroatoms. The summed E-state index contributed by atoms with van der Waals surface area (Å²) in [5.74, 6) is 1.66. The number of para-hydroxylation sites is 1. The lowest BCUT2D eigenvalue weighted by Crippen LogP contribution is -2.52. The third-order valence-corrected chi connectivity index (χ3v) is 4.40. The van der Waals surface area contributed by atoms with Crippen molar-refractivity contribution in [3.63, 3.8) is 0 Å². The Bertz CT molecular complexity index is 742. The highest BCUT2D eigenvalue weighted by Crippen LogP contribution is 2.19. The van der Waals surface area contributed by atoms with Crippen LogP contribution in [0.15, 0.2) is 36.7 Å². The van der Waals surface area contributed by atoms with Crippen LogP contribution in [0.5, 0.6) is 5.75 Å². The number of ether oxygens (including phenoxy) is 1. The smallest absolute Gasteiger partial charge is 0.263 e. The number of hydrogen-bond donors (Lipinski definition) is 0. The molecule has 6 nitrogen and oxygen atoms in total. The molecule has 132 valence electrons. The minimum absolute atomic E-state index is 0.0261. The minimum Gasteiger partial charge on any atom is -0.481 e. The number of benzene rings is 1. The van der Waals surface area contributed by atoms with Crippen LogP contribution in [-0.2, 0) is 4.79 Å². The summed E-state index contributed by atoms with van der Waals surface area (Å²) < 4.78 is 5.86. The van der Waals surface area contributed by atoms with Crippen molar-refractivity contribution in [3.8, 4) is 5.75 Å². The van der Waals surface area contributed by atoms with E-state index in [0.29, 0.717) is 13.1 Å². The number of piperazine rings is 1. The quantitative estimate of drug-likeness (QED) is 0.854. The van der Waals surface area contributed by atoms with Gasteiger partial charge in [0.2, 0.25) is 0 Å². The molecule has 0 unspecified atom stereocenters. The van der Waals surface area contributed by atoms with Gasteiger partial charge in [-0.05, 0) is 32.4 Å². The average molecular weight is 340 g/mol. The van der Waals surface area contributed by atoms with Gasteiger partial charge in [0.05, 0.1) is 11.9 Å². The Morgan fingerprint density at radius 3 is 2.52 bits per heavy atom. The first-order chi connectivity index (χ1) is 12.0. The fourth-order valence-electron chi connectivity index (χ4n) is 2.95. The van der Waals surface area contributed by atoms with Gasteiger partial charge >= 0.3 is 0 Å². The molecular formula is C19H24N4O2. The molecule has 3 rings (SSSR count). The second kappa shape index (κ2) is 7.51. The topological polar surface area (TPSA) is 58.6 Å². The Balaban J connectivity index is 1.57. The summed E-state index contributed by atoms with van der Waals surface area (Å²) in [6, 6.07) is 7.75. The first-order valence-electron chi connectivity index (χ1n) is 8.59. The number of rotatable bonds is 4. The minimum atomic E-state index is -0.494. The molecule has 0 aliphatic carbocycles. The monoisotopic (exact) mass is 340 g/mol. The van der Waals surface area contributed by atoms with Crippen molar-refractivity contribution >= 4 is 11.7 Å². The Morgan fingerprint density at radius 2 is 1.84 bits per heavy atom. The van der Waals surface area contributed by atoms with Gasteiger partial charge in [-0.25, -0.2) is 4.98 Å². The van der Waals surface area contributed by atoms with E-state index in [1.165, 1.54) is 0 Å². The first kappa shape index (κ1) is 17.2. The molecule has 2 heterocycles. The van der Waals surface area contributed by atoms with E-state index in [4.69, 9.17) is 4.74 Å². The fourth-order valence-corrected chi connectivity index (χ4v) is 2.95. The van der Waals surface area contributed by atoms with E-state index in [-0.39, 0.29) is 5.91 Å². The van der Waals surface area contributed by atoms with Gasteiger partial charge in [0.1, 0.15) is 11.6 Å². The number of amides is 1. The standard InChI is InChI=1S/C19H24N4O2/c1-14-6-4-5-7-17(14)25-16(3)19(24)23-10-8-22(9-11-23)18-13-20-12-15(2)21-18/h4-7,12-13,16H,8-11H2,1-3H3/t16-/m0/s1. The number of aryl methyl sites for hydroxylation is 2. The molecule has 1 fully saturated rings. The number of nitrogens with zero attached hydrogens (tertiary/aromatic N) is 4. The number of hydrogen-bond acceptors (Lipinski definition) is 5. The highest BCUT2D eigenvalue weighted by molar-refractivity contribution is 5.81. The zero-order valence-corrected chi connectivity index (χ0v) is 15.0. The van der Waals surface area contributed by atoms with E-state index < -0.39 is 6.10 Å². The summed E-state index contributed by atoms with van der Waals surface area (Å²) in [6.45, 7) is 8.55. The van der Waals surface area contributed by atoms with Crippen molar-refractivity contribution < 1.29 is 9.53 Å². The molecule has 1 atom stereocenters. The first-order valence-corrected chi connectivity index (χ1v) is 8.59. The second-order valence-electron chi connectivity index (χ2n) is 6.36. The number of carbonyl (C=O) groups excluding carboxylic acids is 1. The fraction of sp³-hybridized carbons (Fsp3) is 0.421. The van der Waals surface area contributed by atoms with E-state index in [1.807, 2.05) is 49.9 Å². The van der Waals surface area contributed by atoms with E-state index in [9.17, 15) is 4.79 Å². The number of anilines is 1. The summed E-state index contributed by atoms with van der Waals surface area (Å²) in [4.78, 5) is 25.4. The molecule has 25 heavy (non-hydrogen) atoms. The molecule has 1 amide bonds. The Hall–Kier alpha value is -2.63. The van der Waals surface area contributed by atoms with Crippen LogP contribution in [0.1, 0.15) is 18.2 Å². The molecule has 1 aromatic heterocycles. The molecule has 0 saturated carbocycles. The molecule has 0 bridgehead atoms. The predicted octanol–water partition coefficient (Wildman–Crippen LogP) is 2.21. The zero-order valence-electron chi connectivity index (χ0n) is 15.0. The average Bonchev–Trinajstić information content (AvgIpc) is 2.63. The molecule has 1 saturated heterocycles. The van der Waals surface area contributed by atoms with Crippen molar-refractivity contribution in [1.82, 2.24) is 14.9 Å². The van der Waals surface area contributed by atoms with Crippen molar-refractivity contribution in [2.45, 2.75) is 26.9 Å². The van der Waals surface area contributed by atoms with Crippen LogP contribution >= 0.6 is 0 Å². The Morgan fingerprint density at radius 1 is 1.12 bits per heavy atom. The zero-order chi connectivity index (χ0) is 17.8. The van der Waals surface area contributed by atoms with Crippen LogP contribution in [0.4, 0.5) is 5.82 Å². The van der Waals surface area contributed by atoms with Gasteiger partial charge in [-0.3, -0.25) is 9.78 Å². The van der Waals surface area contributed by atoms with Crippen LogP contribution in [0, 0.1) is 13.8 Å². The van der Waals surface area contributed by atoms with Gasteiger partial charge in [-0.15, -0.1) is 0 Å². The number of aromatic nitrogens is 2. The maximum Gasteiger partial charge on any atom is 0.263 e. The summed E-state index contributed by atoms with van der Waals surface area (Å²) in [6.07, 6.45) is 3.02. The van der Waals surface area contributed by atoms with Gasteiger partial charge in [-0.2, -0.15) is 0 Å². The van der Waals surface area contributed by atoms with Crippen LogP contribution in [0.3, 0.4) is 0 Å². The third-order valence-electron chi connectivity index (χ3n) is 4.40. The molecular weight excluding hydrogens is 316 g/mol. The summed E-state index contributed by atoms with van der Waals surface area (Å²) in [5, 5.41) is 0. The lowest BCUT2D eigenvalue weighted by molar-refractivity contribution is -0.138. The van der Waals surface area contributed by atoms with Crippen LogP contribution in [-0.4, -0.2) is 53.1 Å². The molecule has 0 spiro atoms. The van der Waals surface area contributed by atoms with Crippen LogP contribution < -0.4 is 9.64 Å². The number of carbonyl (C=O) groups is 1. The van der Waals surface area contributed by atoms with Gasteiger partial charge in [0.15, 0.2) is 6.10 Å². The van der Waals surface area contributed by atoms with Crippen molar-refractivity contribution in [2.75, 3.05) is 31.1 Å². The van der Waals surface area contributed by atoms with E-state index in [0.717, 1.165) is 35.9 Å². The van der Waals surface area contributed by atoms with Crippen LogP contribution in [0.25, 0.3) is 0 Å². The van der Waals surface area contributed by atoms with Crippen LogP contribution in [0.2, 0.25) is 0 Å². The molecule has 0 N–H and O–H groups in total. The highest BCUT2D eigenvalue weighted by atomic mass is 16.5. The molecule has 0 radical (unpaired) electrons. The maximum atomic E-state index is 12.7. The lowest BCUT2D eigenvalue weighted by atomic mass is 10.2. The largest absolute Gasteiger partial charge is 0.481 e. The Labute approximate surface area is 148 Å². The SMILES string of the molecule is Cc1cncc(N2CCN(C(=O)[C@H](C)Oc3ccccc3C)CC2)n1. The summed E-state index contributed by atoms with van der Waals surface area (Å²) in [7, 11) is 0.